The Hall–Kier alpha value is -3.60. The number of aliphatic carboxylic acids is 1. The van der Waals surface area contributed by atoms with E-state index in [0.29, 0.717) is 30.8 Å². The number of rotatable bonds is 10. The summed E-state index contributed by atoms with van der Waals surface area (Å²) in [5.41, 5.74) is 1.82. The highest BCUT2D eigenvalue weighted by Gasteiger charge is 2.34. The molecule has 0 aliphatic carbocycles. The Morgan fingerprint density at radius 1 is 0.939 bits per heavy atom. The molecule has 0 radical (unpaired) electrons. The molecule has 33 heavy (non-hydrogen) atoms. The maximum atomic E-state index is 13.1. The normalized spacial score (nSPS) is 13.3. The fourth-order valence-electron chi connectivity index (χ4n) is 3.52. The summed E-state index contributed by atoms with van der Waals surface area (Å²) in [6.45, 7) is 5.43. The van der Waals surface area contributed by atoms with Crippen molar-refractivity contribution in [2.75, 3.05) is 0 Å². The van der Waals surface area contributed by atoms with Gasteiger partial charge in [0.25, 0.3) is 0 Å². The van der Waals surface area contributed by atoms with Gasteiger partial charge < -0.3 is 14.6 Å². The summed E-state index contributed by atoms with van der Waals surface area (Å²) in [7, 11) is 0. The Bertz CT molecular complexity index is 1090. The molecular formula is C28H29FO4. The predicted molar refractivity (Wildman–Crippen MR) is 128 cm³/mol. The van der Waals surface area contributed by atoms with E-state index in [4.69, 9.17) is 9.47 Å². The summed E-state index contributed by atoms with van der Waals surface area (Å²) in [6, 6.07) is 21.5. The van der Waals surface area contributed by atoms with E-state index in [9.17, 15) is 14.3 Å². The average molecular weight is 449 g/mol. The van der Waals surface area contributed by atoms with Crippen molar-refractivity contribution in [3.63, 3.8) is 0 Å². The van der Waals surface area contributed by atoms with Gasteiger partial charge in [-0.1, -0.05) is 49.7 Å². The number of carbonyl (C=O) groups is 1. The third kappa shape index (κ3) is 6.45. The minimum Gasteiger partial charge on any atom is -0.478 e. The monoisotopic (exact) mass is 448 g/mol. The number of hydrogen-bond acceptors (Lipinski definition) is 3. The molecule has 3 aromatic carbocycles. The molecule has 0 aromatic heterocycles. The van der Waals surface area contributed by atoms with Crippen LogP contribution in [0.1, 0.15) is 39.2 Å². The molecule has 0 amide bonds. The number of carboxylic acids is 1. The number of hydrogen-bond donors (Lipinski definition) is 1. The van der Waals surface area contributed by atoms with Crippen molar-refractivity contribution >= 4 is 5.97 Å². The van der Waals surface area contributed by atoms with Gasteiger partial charge in [-0.15, -0.1) is 0 Å². The first-order valence-electron chi connectivity index (χ1n) is 11.0. The minimum absolute atomic E-state index is 0.248. The molecule has 0 spiro atoms. The lowest BCUT2D eigenvalue weighted by molar-refractivity contribution is -0.154. The SMILES string of the molecule is CC=C(Cc1ccc(-c2ccc(F)cc2)cc1)Oc1ccc(OC(C)(CCC)C(=O)O)cc1. The molecule has 0 saturated carbocycles. The fraction of sp³-hybridized carbons (Fsp3) is 0.250. The van der Waals surface area contributed by atoms with Crippen molar-refractivity contribution < 1.29 is 23.8 Å². The molecular weight excluding hydrogens is 419 g/mol. The van der Waals surface area contributed by atoms with Crippen LogP contribution in [-0.2, 0) is 11.2 Å². The molecule has 1 atom stereocenters. The summed E-state index contributed by atoms with van der Waals surface area (Å²) in [6.07, 6.45) is 3.66. The van der Waals surface area contributed by atoms with Crippen LogP contribution in [0.3, 0.4) is 0 Å². The van der Waals surface area contributed by atoms with Crippen LogP contribution < -0.4 is 9.47 Å². The molecule has 1 unspecified atom stereocenters. The van der Waals surface area contributed by atoms with E-state index < -0.39 is 11.6 Å². The summed E-state index contributed by atoms with van der Waals surface area (Å²) >= 11 is 0. The Morgan fingerprint density at radius 2 is 1.48 bits per heavy atom. The Balaban J connectivity index is 1.63. The first-order chi connectivity index (χ1) is 15.8. The molecule has 172 valence electrons. The van der Waals surface area contributed by atoms with Crippen LogP contribution in [0.5, 0.6) is 11.5 Å². The lowest BCUT2D eigenvalue weighted by Crippen LogP contribution is -2.41. The first-order valence-corrected chi connectivity index (χ1v) is 11.0. The summed E-state index contributed by atoms with van der Waals surface area (Å²) in [5.74, 6) is 0.692. The Kier molecular flexibility index (Phi) is 7.88. The van der Waals surface area contributed by atoms with Crippen molar-refractivity contribution in [1.29, 1.82) is 0 Å². The van der Waals surface area contributed by atoms with Gasteiger partial charge in [0, 0.05) is 6.42 Å². The zero-order chi connectivity index (χ0) is 23.8. The maximum absolute atomic E-state index is 13.1. The van der Waals surface area contributed by atoms with E-state index in [2.05, 4.69) is 0 Å². The molecule has 0 heterocycles. The first kappa shape index (κ1) is 24.1. The Labute approximate surface area is 194 Å². The second kappa shape index (κ2) is 10.8. The van der Waals surface area contributed by atoms with Crippen molar-refractivity contribution in [2.45, 2.75) is 45.6 Å². The third-order valence-electron chi connectivity index (χ3n) is 5.43. The van der Waals surface area contributed by atoms with Crippen molar-refractivity contribution in [2.24, 2.45) is 0 Å². The van der Waals surface area contributed by atoms with E-state index in [1.165, 1.54) is 12.1 Å². The summed E-state index contributed by atoms with van der Waals surface area (Å²) in [4.78, 5) is 11.6. The molecule has 1 N–H and O–H groups in total. The topological polar surface area (TPSA) is 55.8 Å². The molecule has 0 saturated heterocycles. The fourth-order valence-corrected chi connectivity index (χ4v) is 3.52. The number of halogens is 1. The van der Waals surface area contributed by atoms with Crippen LogP contribution in [0.25, 0.3) is 11.1 Å². The molecule has 0 fully saturated rings. The average Bonchev–Trinajstić information content (AvgIpc) is 2.81. The van der Waals surface area contributed by atoms with E-state index >= 15 is 0 Å². The second-order valence-corrected chi connectivity index (χ2v) is 8.10. The van der Waals surface area contributed by atoms with Crippen LogP contribution in [0.4, 0.5) is 4.39 Å². The van der Waals surface area contributed by atoms with Crippen LogP contribution in [0, 0.1) is 5.82 Å². The lowest BCUT2D eigenvalue weighted by atomic mass is 10.0. The van der Waals surface area contributed by atoms with Gasteiger partial charge in [-0.3, -0.25) is 0 Å². The molecule has 4 nitrogen and oxygen atoms in total. The number of ether oxygens (including phenoxy) is 2. The molecule has 5 heteroatoms. The third-order valence-corrected chi connectivity index (χ3v) is 5.43. The van der Waals surface area contributed by atoms with Gasteiger partial charge in [-0.25, -0.2) is 9.18 Å². The van der Waals surface area contributed by atoms with E-state index in [-0.39, 0.29) is 5.82 Å². The molecule has 3 aromatic rings. The highest BCUT2D eigenvalue weighted by Crippen LogP contribution is 2.27. The standard InChI is InChI=1S/C28H29FO4/c1-4-18-28(3,27(30)31)33-26-16-14-25(15-17-26)32-24(5-2)19-20-6-8-21(9-7-20)22-10-12-23(29)13-11-22/h5-17H,4,18-19H2,1-3H3,(H,30,31). The van der Waals surface area contributed by atoms with E-state index in [0.717, 1.165) is 22.4 Å². The lowest BCUT2D eigenvalue weighted by Gasteiger charge is -2.26. The van der Waals surface area contributed by atoms with Crippen LogP contribution in [0.2, 0.25) is 0 Å². The van der Waals surface area contributed by atoms with Crippen LogP contribution in [0.15, 0.2) is 84.6 Å². The summed E-state index contributed by atoms with van der Waals surface area (Å²) < 4.78 is 24.9. The van der Waals surface area contributed by atoms with Crippen molar-refractivity contribution in [1.82, 2.24) is 0 Å². The van der Waals surface area contributed by atoms with Gasteiger partial charge in [0.15, 0.2) is 0 Å². The largest absolute Gasteiger partial charge is 0.478 e. The maximum Gasteiger partial charge on any atom is 0.347 e. The molecule has 0 aliphatic rings. The number of benzene rings is 3. The van der Waals surface area contributed by atoms with E-state index in [1.54, 1.807) is 43.3 Å². The minimum atomic E-state index is -1.26. The number of carboxylic acid groups (broad SMARTS) is 1. The van der Waals surface area contributed by atoms with Gasteiger partial charge in [0.1, 0.15) is 23.1 Å². The van der Waals surface area contributed by atoms with Crippen molar-refractivity contribution in [3.05, 3.63) is 96.0 Å². The number of allylic oxidation sites excluding steroid dienone is 2. The van der Waals surface area contributed by atoms with Crippen LogP contribution in [-0.4, -0.2) is 16.7 Å². The van der Waals surface area contributed by atoms with E-state index in [1.807, 2.05) is 44.2 Å². The Morgan fingerprint density at radius 3 is 2.00 bits per heavy atom. The van der Waals surface area contributed by atoms with Gasteiger partial charge in [-0.2, -0.15) is 0 Å². The van der Waals surface area contributed by atoms with Gasteiger partial charge in [0.2, 0.25) is 5.60 Å². The molecule has 3 rings (SSSR count). The van der Waals surface area contributed by atoms with Gasteiger partial charge >= 0.3 is 5.97 Å². The summed E-state index contributed by atoms with van der Waals surface area (Å²) in [5, 5.41) is 9.49. The quantitative estimate of drug-likeness (QED) is 0.338. The molecule has 0 aliphatic heterocycles. The predicted octanol–water partition coefficient (Wildman–Crippen LogP) is 7.04. The highest BCUT2D eigenvalue weighted by atomic mass is 19.1. The second-order valence-electron chi connectivity index (χ2n) is 8.10. The zero-order valence-corrected chi connectivity index (χ0v) is 19.2. The zero-order valence-electron chi connectivity index (χ0n) is 19.2. The van der Waals surface area contributed by atoms with Crippen molar-refractivity contribution in [3.8, 4) is 22.6 Å². The smallest absolute Gasteiger partial charge is 0.347 e. The highest BCUT2D eigenvalue weighted by molar-refractivity contribution is 5.77. The van der Waals surface area contributed by atoms with Gasteiger partial charge in [-0.05, 0) is 79.4 Å². The molecule has 0 bridgehead atoms. The van der Waals surface area contributed by atoms with Crippen LogP contribution >= 0.6 is 0 Å². The van der Waals surface area contributed by atoms with Gasteiger partial charge in [0.05, 0.1) is 0 Å².